The molecule has 0 fully saturated rings. The maximum absolute atomic E-state index is 12.9. The summed E-state index contributed by atoms with van der Waals surface area (Å²) in [6.45, 7) is 4.91. The number of alkyl carbamates (subject to hydrolysis) is 1. The van der Waals surface area contributed by atoms with Gasteiger partial charge in [-0.3, -0.25) is 9.59 Å². The molecule has 0 aliphatic rings. The van der Waals surface area contributed by atoms with E-state index in [1.165, 1.54) is 18.2 Å². The van der Waals surface area contributed by atoms with Gasteiger partial charge in [0.05, 0.1) is 0 Å². The SMILES string of the molecule is CC(C)(C)OC(=O)NCC(=O)Nc1cccc(NC(=O)/C=C/c2ccc(F)cc2)c1. The molecule has 158 valence electrons. The second kappa shape index (κ2) is 10.2. The Morgan fingerprint density at radius 1 is 1.00 bits per heavy atom. The van der Waals surface area contributed by atoms with Gasteiger partial charge in [0.15, 0.2) is 0 Å². The molecule has 0 aliphatic carbocycles. The zero-order valence-corrected chi connectivity index (χ0v) is 17.0. The standard InChI is InChI=1S/C22H24FN3O4/c1-22(2,3)30-21(29)24-14-20(28)26-18-6-4-5-17(13-18)25-19(27)12-9-15-7-10-16(23)11-8-15/h4-13H,14H2,1-3H3,(H,24,29)(H,25,27)(H,26,28)/b12-9+. The molecule has 0 saturated carbocycles. The van der Waals surface area contributed by atoms with Gasteiger partial charge in [0.1, 0.15) is 18.0 Å². The average Bonchev–Trinajstić information content (AvgIpc) is 2.65. The molecule has 2 aromatic carbocycles. The molecule has 2 aromatic rings. The van der Waals surface area contributed by atoms with Crippen LogP contribution in [-0.2, 0) is 14.3 Å². The summed E-state index contributed by atoms with van der Waals surface area (Å²) in [5.41, 5.74) is 0.955. The normalized spacial score (nSPS) is 11.1. The summed E-state index contributed by atoms with van der Waals surface area (Å²) in [5.74, 6) is -1.17. The van der Waals surface area contributed by atoms with Gasteiger partial charge in [-0.15, -0.1) is 0 Å². The van der Waals surface area contributed by atoms with Gasteiger partial charge in [-0.05, 0) is 62.7 Å². The van der Waals surface area contributed by atoms with E-state index in [2.05, 4.69) is 16.0 Å². The Kier molecular flexibility index (Phi) is 7.69. The molecular formula is C22H24FN3O4. The van der Waals surface area contributed by atoms with Gasteiger partial charge < -0.3 is 20.7 Å². The van der Waals surface area contributed by atoms with E-state index in [4.69, 9.17) is 4.74 Å². The lowest BCUT2D eigenvalue weighted by molar-refractivity contribution is -0.115. The van der Waals surface area contributed by atoms with Crippen molar-refractivity contribution in [2.24, 2.45) is 0 Å². The van der Waals surface area contributed by atoms with Crippen LogP contribution in [0.2, 0.25) is 0 Å². The highest BCUT2D eigenvalue weighted by Crippen LogP contribution is 2.15. The fourth-order valence-corrected chi connectivity index (χ4v) is 2.28. The third-order valence-electron chi connectivity index (χ3n) is 3.50. The molecule has 0 bridgehead atoms. The van der Waals surface area contributed by atoms with E-state index < -0.39 is 17.6 Å². The number of halogens is 1. The van der Waals surface area contributed by atoms with E-state index in [0.29, 0.717) is 16.9 Å². The highest BCUT2D eigenvalue weighted by Gasteiger charge is 2.16. The van der Waals surface area contributed by atoms with E-state index >= 15 is 0 Å². The largest absolute Gasteiger partial charge is 0.444 e. The van der Waals surface area contributed by atoms with Crippen LogP contribution in [0.3, 0.4) is 0 Å². The average molecular weight is 413 g/mol. The van der Waals surface area contributed by atoms with Crippen molar-refractivity contribution in [2.45, 2.75) is 26.4 Å². The fourth-order valence-electron chi connectivity index (χ4n) is 2.28. The molecule has 30 heavy (non-hydrogen) atoms. The van der Waals surface area contributed by atoms with Gasteiger partial charge in [0, 0.05) is 17.5 Å². The van der Waals surface area contributed by atoms with Crippen LogP contribution in [0.4, 0.5) is 20.6 Å². The van der Waals surface area contributed by atoms with Crippen molar-refractivity contribution < 1.29 is 23.5 Å². The van der Waals surface area contributed by atoms with E-state index in [9.17, 15) is 18.8 Å². The molecule has 8 heteroatoms. The smallest absolute Gasteiger partial charge is 0.408 e. The number of rotatable bonds is 6. The number of hydrogen-bond acceptors (Lipinski definition) is 4. The zero-order valence-electron chi connectivity index (χ0n) is 17.0. The van der Waals surface area contributed by atoms with E-state index in [-0.39, 0.29) is 18.3 Å². The number of amides is 3. The van der Waals surface area contributed by atoms with Gasteiger partial charge in [0.25, 0.3) is 0 Å². The Labute approximate surface area is 174 Å². The van der Waals surface area contributed by atoms with Crippen molar-refractivity contribution in [2.75, 3.05) is 17.2 Å². The van der Waals surface area contributed by atoms with Gasteiger partial charge >= 0.3 is 6.09 Å². The Balaban J connectivity index is 1.86. The Morgan fingerprint density at radius 2 is 1.63 bits per heavy atom. The minimum absolute atomic E-state index is 0.258. The second-order valence-corrected chi connectivity index (χ2v) is 7.36. The third-order valence-corrected chi connectivity index (χ3v) is 3.50. The van der Waals surface area contributed by atoms with Crippen molar-refractivity contribution in [3.63, 3.8) is 0 Å². The first-order chi connectivity index (χ1) is 14.1. The van der Waals surface area contributed by atoms with Crippen molar-refractivity contribution in [1.29, 1.82) is 0 Å². The van der Waals surface area contributed by atoms with Gasteiger partial charge in [0.2, 0.25) is 11.8 Å². The number of carbonyl (C=O) groups is 3. The third kappa shape index (κ3) is 8.55. The lowest BCUT2D eigenvalue weighted by atomic mass is 10.2. The van der Waals surface area contributed by atoms with Crippen LogP contribution in [0, 0.1) is 5.82 Å². The van der Waals surface area contributed by atoms with Crippen LogP contribution in [0.1, 0.15) is 26.3 Å². The first-order valence-electron chi connectivity index (χ1n) is 9.22. The Hall–Kier alpha value is -3.68. The van der Waals surface area contributed by atoms with Crippen LogP contribution >= 0.6 is 0 Å². The van der Waals surface area contributed by atoms with Crippen molar-refractivity contribution in [3.05, 3.63) is 66.0 Å². The second-order valence-electron chi connectivity index (χ2n) is 7.36. The van der Waals surface area contributed by atoms with Crippen LogP contribution in [-0.4, -0.2) is 30.1 Å². The minimum atomic E-state index is -0.688. The lowest BCUT2D eigenvalue weighted by Crippen LogP contribution is -2.37. The highest BCUT2D eigenvalue weighted by molar-refractivity contribution is 6.02. The van der Waals surface area contributed by atoms with E-state index in [0.717, 1.165) is 0 Å². The summed E-state index contributed by atoms with van der Waals surface area (Å²) in [6, 6.07) is 12.3. The molecule has 0 saturated heterocycles. The Bertz CT molecular complexity index is 934. The van der Waals surface area contributed by atoms with Crippen LogP contribution in [0.25, 0.3) is 6.08 Å². The Morgan fingerprint density at radius 3 is 2.27 bits per heavy atom. The van der Waals surface area contributed by atoms with Crippen molar-refractivity contribution in [1.82, 2.24) is 5.32 Å². The number of anilines is 2. The quantitative estimate of drug-likeness (QED) is 0.625. The summed E-state index contributed by atoms with van der Waals surface area (Å²) in [7, 11) is 0. The molecule has 7 nitrogen and oxygen atoms in total. The highest BCUT2D eigenvalue weighted by atomic mass is 19.1. The number of nitrogens with one attached hydrogen (secondary N) is 3. The summed E-state index contributed by atoms with van der Waals surface area (Å²) >= 11 is 0. The first kappa shape index (κ1) is 22.6. The molecule has 3 N–H and O–H groups in total. The predicted molar refractivity (Wildman–Crippen MR) is 113 cm³/mol. The summed E-state index contributed by atoms with van der Waals surface area (Å²) in [5, 5.41) is 7.66. The summed E-state index contributed by atoms with van der Waals surface area (Å²) < 4.78 is 18.0. The summed E-state index contributed by atoms with van der Waals surface area (Å²) in [4.78, 5) is 35.6. The van der Waals surface area contributed by atoms with E-state index in [1.807, 2.05) is 0 Å². The molecule has 0 unspecified atom stereocenters. The molecule has 0 aromatic heterocycles. The summed E-state index contributed by atoms with van der Waals surface area (Å²) in [6.07, 6.45) is 2.19. The first-order valence-corrected chi connectivity index (χ1v) is 9.22. The minimum Gasteiger partial charge on any atom is -0.444 e. The topological polar surface area (TPSA) is 96.5 Å². The molecule has 0 radical (unpaired) electrons. The molecule has 0 aliphatic heterocycles. The molecule has 3 amide bonds. The zero-order chi connectivity index (χ0) is 22.1. The van der Waals surface area contributed by atoms with Crippen LogP contribution in [0.5, 0.6) is 0 Å². The van der Waals surface area contributed by atoms with Gasteiger partial charge in [-0.1, -0.05) is 18.2 Å². The van der Waals surface area contributed by atoms with Crippen molar-refractivity contribution in [3.8, 4) is 0 Å². The van der Waals surface area contributed by atoms with Crippen LogP contribution < -0.4 is 16.0 Å². The predicted octanol–water partition coefficient (Wildman–Crippen LogP) is 3.94. The monoisotopic (exact) mass is 413 g/mol. The van der Waals surface area contributed by atoms with Crippen LogP contribution in [0.15, 0.2) is 54.6 Å². The molecule has 0 heterocycles. The van der Waals surface area contributed by atoms with Crippen molar-refractivity contribution >= 4 is 35.4 Å². The lowest BCUT2D eigenvalue weighted by Gasteiger charge is -2.19. The number of ether oxygens (including phenoxy) is 1. The number of hydrogen-bond donors (Lipinski definition) is 3. The maximum Gasteiger partial charge on any atom is 0.408 e. The molecular weight excluding hydrogens is 389 g/mol. The molecule has 2 rings (SSSR count). The maximum atomic E-state index is 12.9. The van der Waals surface area contributed by atoms with Gasteiger partial charge in [-0.25, -0.2) is 9.18 Å². The fraction of sp³-hybridized carbons (Fsp3) is 0.227. The van der Waals surface area contributed by atoms with Gasteiger partial charge in [-0.2, -0.15) is 0 Å². The molecule has 0 atom stereocenters. The number of carbonyl (C=O) groups excluding carboxylic acids is 3. The molecule has 0 spiro atoms. The van der Waals surface area contributed by atoms with E-state index in [1.54, 1.807) is 63.2 Å². The number of benzene rings is 2.